The van der Waals surface area contributed by atoms with Crippen LogP contribution in [-0.4, -0.2) is 43.8 Å². The van der Waals surface area contributed by atoms with Gasteiger partial charge in [0.15, 0.2) is 0 Å². The zero-order valence-electron chi connectivity index (χ0n) is 13.8. The summed E-state index contributed by atoms with van der Waals surface area (Å²) >= 11 is 0. The van der Waals surface area contributed by atoms with E-state index in [1.165, 1.54) is 0 Å². The summed E-state index contributed by atoms with van der Waals surface area (Å²) in [5, 5.41) is 3.01. The fraction of sp³-hybridized carbons (Fsp3) is 0.765. The van der Waals surface area contributed by atoms with Gasteiger partial charge in [0.1, 0.15) is 5.78 Å². The van der Waals surface area contributed by atoms with E-state index in [2.05, 4.69) is 17.5 Å². The third-order valence-electron chi connectivity index (χ3n) is 4.66. The Labute approximate surface area is 128 Å². The minimum atomic E-state index is -0.384. The maximum atomic E-state index is 12.7. The van der Waals surface area contributed by atoms with Gasteiger partial charge in [-0.1, -0.05) is 32.9 Å². The summed E-state index contributed by atoms with van der Waals surface area (Å²) in [5.74, 6) is 0.466. The smallest absolute Gasteiger partial charge is 0.224 e. The van der Waals surface area contributed by atoms with E-state index in [0.29, 0.717) is 6.54 Å². The van der Waals surface area contributed by atoms with Crippen LogP contribution >= 0.6 is 0 Å². The Kier molecular flexibility index (Phi) is 4.57. The van der Waals surface area contributed by atoms with Crippen molar-refractivity contribution in [3.63, 3.8) is 0 Å². The van der Waals surface area contributed by atoms with Crippen LogP contribution in [0, 0.1) is 29.1 Å². The van der Waals surface area contributed by atoms with Crippen molar-refractivity contribution in [3.05, 3.63) is 12.2 Å². The van der Waals surface area contributed by atoms with Crippen LogP contribution in [0.1, 0.15) is 27.2 Å². The van der Waals surface area contributed by atoms with Crippen LogP contribution in [0.4, 0.5) is 0 Å². The lowest BCUT2D eigenvalue weighted by Crippen LogP contribution is -2.44. The fourth-order valence-corrected chi connectivity index (χ4v) is 3.56. The number of hydrogen-bond donors (Lipinski definition) is 1. The van der Waals surface area contributed by atoms with Crippen LogP contribution in [0.5, 0.6) is 0 Å². The fourth-order valence-electron chi connectivity index (χ4n) is 3.56. The minimum absolute atomic E-state index is 0.0521. The largest absolute Gasteiger partial charge is 0.355 e. The van der Waals surface area contributed by atoms with Gasteiger partial charge in [0.25, 0.3) is 0 Å². The van der Waals surface area contributed by atoms with E-state index < -0.39 is 0 Å². The van der Waals surface area contributed by atoms with Crippen LogP contribution in [0.3, 0.4) is 0 Å². The van der Waals surface area contributed by atoms with Crippen molar-refractivity contribution in [2.75, 3.05) is 27.2 Å². The molecule has 1 fully saturated rings. The van der Waals surface area contributed by atoms with E-state index in [9.17, 15) is 9.59 Å². The zero-order chi connectivity index (χ0) is 15.8. The van der Waals surface area contributed by atoms with E-state index in [4.69, 9.17) is 0 Å². The van der Waals surface area contributed by atoms with Gasteiger partial charge >= 0.3 is 0 Å². The molecular weight excluding hydrogens is 264 g/mol. The molecule has 2 unspecified atom stereocenters. The summed E-state index contributed by atoms with van der Waals surface area (Å²) < 4.78 is 0. The van der Waals surface area contributed by atoms with Gasteiger partial charge in [-0.3, -0.25) is 9.59 Å². The quantitative estimate of drug-likeness (QED) is 0.785. The second kappa shape index (κ2) is 5.91. The molecule has 0 aromatic carbocycles. The minimum Gasteiger partial charge on any atom is -0.355 e. The number of ketones is 1. The number of likely N-dealkylation sites (N-methyl/N-ethyl adjacent to an activating group) is 1. The molecule has 1 N–H and O–H groups in total. The van der Waals surface area contributed by atoms with Crippen LogP contribution in [-0.2, 0) is 9.59 Å². The maximum Gasteiger partial charge on any atom is 0.224 e. The molecule has 0 aromatic rings. The van der Waals surface area contributed by atoms with Crippen LogP contribution in [0.15, 0.2) is 12.2 Å². The third-order valence-corrected chi connectivity index (χ3v) is 4.66. The first-order valence-electron chi connectivity index (χ1n) is 7.87. The second-order valence-corrected chi connectivity index (χ2v) is 7.71. The van der Waals surface area contributed by atoms with Crippen LogP contribution in [0.2, 0.25) is 0 Å². The Bertz CT molecular complexity index is 448. The van der Waals surface area contributed by atoms with E-state index >= 15 is 0 Å². The molecule has 1 saturated carbocycles. The Morgan fingerprint density at radius 2 is 1.71 bits per heavy atom. The molecule has 4 heteroatoms. The summed E-state index contributed by atoms with van der Waals surface area (Å²) in [6.07, 6.45) is 5.23. The van der Waals surface area contributed by atoms with Crippen LogP contribution < -0.4 is 5.32 Å². The highest BCUT2D eigenvalue weighted by Gasteiger charge is 2.52. The van der Waals surface area contributed by atoms with Crippen molar-refractivity contribution in [1.82, 2.24) is 10.2 Å². The predicted molar refractivity (Wildman–Crippen MR) is 83.7 cm³/mol. The third kappa shape index (κ3) is 3.37. The zero-order valence-corrected chi connectivity index (χ0v) is 13.8. The van der Waals surface area contributed by atoms with E-state index in [1.807, 2.05) is 39.8 Å². The van der Waals surface area contributed by atoms with Gasteiger partial charge < -0.3 is 10.2 Å². The molecule has 2 rings (SSSR count). The monoisotopic (exact) mass is 292 g/mol. The molecule has 0 spiro atoms. The maximum absolute atomic E-state index is 12.7. The van der Waals surface area contributed by atoms with Gasteiger partial charge in [-0.15, -0.1) is 0 Å². The summed E-state index contributed by atoms with van der Waals surface area (Å²) in [5.41, 5.74) is -0.384. The lowest BCUT2D eigenvalue weighted by atomic mass is 9.72. The first-order chi connectivity index (χ1) is 9.71. The van der Waals surface area contributed by atoms with Crippen molar-refractivity contribution in [3.8, 4) is 0 Å². The Morgan fingerprint density at radius 1 is 1.14 bits per heavy atom. The standard InChI is InChI=1S/C17H28N2O2/c1-17(2,3)15(20)13-11-6-7-12(10-11)14(13)16(21)18-8-9-19(4)5/h6-7,11-14H,8-10H2,1-5H3,(H,18,21)/t11?,12?,13-,14+/m1/s1. The van der Waals surface area contributed by atoms with Gasteiger partial charge in [-0.25, -0.2) is 0 Å². The van der Waals surface area contributed by atoms with E-state index in [0.717, 1.165) is 13.0 Å². The van der Waals surface area contributed by atoms with Crippen molar-refractivity contribution in [2.24, 2.45) is 29.1 Å². The van der Waals surface area contributed by atoms with Crippen LogP contribution in [0.25, 0.3) is 0 Å². The normalized spacial score (nSPS) is 31.0. The number of fused-ring (bicyclic) bond motifs is 2. The molecule has 2 aliphatic carbocycles. The van der Waals surface area contributed by atoms with Gasteiger partial charge in [0.05, 0.1) is 5.92 Å². The number of carbonyl (C=O) groups is 2. The lowest BCUT2D eigenvalue weighted by molar-refractivity contribution is -0.138. The highest BCUT2D eigenvalue weighted by molar-refractivity contribution is 5.93. The molecule has 0 aliphatic heterocycles. The molecule has 2 aliphatic rings. The average Bonchev–Trinajstić information content (AvgIpc) is 2.95. The molecule has 0 heterocycles. The molecule has 4 atom stereocenters. The Hall–Kier alpha value is -1.16. The number of amides is 1. The molecule has 2 bridgehead atoms. The lowest BCUT2D eigenvalue weighted by Gasteiger charge is -2.31. The van der Waals surface area contributed by atoms with Gasteiger partial charge in [0, 0.05) is 24.4 Å². The Morgan fingerprint density at radius 3 is 2.24 bits per heavy atom. The SMILES string of the molecule is CN(C)CCNC(=O)[C@H]1C2C=CC(C2)[C@H]1C(=O)C(C)(C)C. The first-order valence-corrected chi connectivity index (χ1v) is 7.87. The molecule has 1 amide bonds. The molecule has 118 valence electrons. The average molecular weight is 292 g/mol. The number of carbonyl (C=O) groups excluding carboxylic acids is 2. The van der Waals surface area contributed by atoms with Crippen molar-refractivity contribution in [2.45, 2.75) is 27.2 Å². The molecule has 0 aromatic heterocycles. The number of rotatable bonds is 5. The van der Waals surface area contributed by atoms with Crippen molar-refractivity contribution in [1.29, 1.82) is 0 Å². The van der Waals surface area contributed by atoms with E-state index in [-0.39, 0.29) is 40.8 Å². The van der Waals surface area contributed by atoms with Gasteiger partial charge in [-0.05, 0) is 32.4 Å². The molecular formula is C17H28N2O2. The number of Topliss-reactive ketones (excluding diaryl/α,β-unsaturated/α-hetero) is 1. The number of nitrogens with one attached hydrogen (secondary N) is 1. The molecule has 0 saturated heterocycles. The molecule has 4 nitrogen and oxygen atoms in total. The molecule has 0 radical (unpaired) electrons. The number of allylic oxidation sites excluding steroid dienone is 2. The van der Waals surface area contributed by atoms with Gasteiger partial charge in [0.2, 0.25) is 5.91 Å². The first kappa shape index (κ1) is 16.2. The number of nitrogens with zero attached hydrogens (tertiary/aromatic N) is 1. The van der Waals surface area contributed by atoms with Gasteiger partial charge in [-0.2, -0.15) is 0 Å². The highest BCUT2D eigenvalue weighted by Crippen LogP contribution is 2.50. The highest BCUT2D eigenvalue weighted by atomic mass is 16.2. The summed E-state index contributed by atoms with van der Waals surface area (Å²) in [6.45, 7) is 7.31. The Balaban J connectivity index is 2.07. The summed E-state index contributed by atoms with van der Waals surface area (Å²) in [4.78, 5) is 27.3. The second-order valence-electron chi connectivity index (χ2n) is 7.71. The van der Waals surface area contributed by atoms with Crippen molar-refractivity contribution >= 4 is 11.7 Å². The number of hydrogen-bond acceptors (Lipinski definition) is 3. The van der Waals surface area contributed by atoms with Crippen molar-refractivity contribution < 1.29 is 9.59 Å². The topological polar surface area (TPSA) is 49.4 Å². The van der Waals surface area contributed by atoms with E-state index in [1.54, 1.807) is 0 Å². The summed E-state index contributed by atoms with van der Waals surface area (Å²) in [6, 6.07) is 0. The summed E-state index contributed by atoms with van der Waals surface area (Å²) in [7, 11) is 3.97. The molecule has 21 heavy (non-hydrogen) atoms. The predicted octanol–water partition coefficient (Wildman–Crippen LogP) is 1.72.